The second kappa shape index (κ2) is 11.0. The maximum absolute atomic E-state index is 13.2. The highest BCUT2D eigenvalue weighted by Gasteiger charge is 2.30. The summed E-state index contributed by atoms with van der Waals surface area (Å²) in [5.74, 6) is -0.348. The lowest BCUT2D eigenvalue weighted by atomic mass is 10.1. The highest BCUT2D eigenvalue weighted by Crippen LogP contribution is 2.25. The summed E-state index contributed by atoms with van der Waals surface area (Å²) >= 11 is 5.96. The minimum absolute atomic E-state index is 0.0138. The van der Waals surface area contributed by atoms with E-state index in [9.17, 15) is 13.6 Å². The van der Waals surface area contributed by atoms with Gasteiger partial charge < -0.3 is 28.7 Å². The highest BCUT2D eigenvalue weighted by molar-refractivity contribution is 6.31. The summed E-state index contributed by atoms with van der Waals surface area (Å²) in [7, 11) is 0. The summed E-state index contributed by atoms with van der Waals surface area (Å²) in [5, 5.41) is 11.6. The zero-order valence-electron chi connectivity index (χ0n) is 18.3. The molecule has 3 aromatic rings. The van der Waals surface area contributed by atoms with Crippen molar-refractivity contribution in [1.29, 1.82) is 0 Å². The number of carbonyl (C=O) groups excluding carboxylic acids is 1. The summed E-state index contributed by atoms with van der Waals surface area (Å²) in [4.78, 5) is 16.9. The van der Waals surface area contributed by atoms with Crippen LogP contribution in [0.3, 0.4) is 0 Å². The van der Waals surface area contributed by atoms with Gasteiger partial charge in [0.1, 0.15) is 6.61 Å². The van der Waals surface area contributed by atoms with Crippen molar-refractivity contribution >= 4 is 28.4 Å². The van der Waals surface area contributed by atoms with E-state index in [1.807, 2.05) is 0 Å². The monoisotopic (exact) mass is 510 g/mol. The summed E-state index contributed by atoms with van der Waals surface area (Å²) in [6.07, 6.45) is -2.61. The van der Waals surface area contributed by atoms with Crippen LogP contribution < -0.4 is 10.1 Å². The van der Waals surface area contributed by atoms with Crippen LogP contribution in [0, 0.1) is 0 Å². The Morgan fingerprint density at radius 1 is 1.26 bits per heavy atom. The number of halogens is 3. The van der Waals surface area contributed by atoms with Gasteiger partial charge in [-0.05, 0) is 18.2 Å². The molecule has 186 valence electrons. The third-order valence-corrected chi connectivity index (χ3v) is 5.00. The van der Waals surface area contributed by atoms with Crippen molar-refractivity contribution in [3.05, 3.63) is 59.6 Å². The van der Waals surface area contributed by atoms with Crippen LogP contribution in [0.2, 0.25) is 5.02 Å². The third kappa shape index (κ3) is 6.69. The number of nitrogens with one attached hydrogen (secondary N) is 1. The molecule has 1 amide bonds. The van der Waals surface area contributed by atoms with E-state index in [2.05, 4.69) is 31.8 Å². The number of aromatic nitrogens is 3. The molecule has 10 nitrogen and oxygen atoms in total. The molecule has 4 rings (SSSR count). The van der Waals surface area contributed by atoms with Gasteiger partial charge in [-0.1, -0.05) is 28.8 Å². The van der Waals surface area contributed by atoms with Crippen LogP contribution >= 0.6 is 11.6 Å². The van der Waals surface area contributed by atoms with E-state index in [1.54, 1.807) is 24.3 Å². The van der Waals surface area contributed by atoms with E-state index in [1.165, 1.54) is 6.20 Å². The third-order valence-electron chi connectivity index (χ3n) is 4.77. The van der Waals surface area contributed by atoms with E-state index >= 15 is 0 Å². The summed E-state index contributed by atoms with van der Waals surface area (Å²) in [5.41, 5.74) is 1.06. The molecule has 0 aliphatic carbocycles. The molecular formula is C22H21ClF2N4O6. The van der Waals surface area contributed by atoms with Gasteiger partial charge in [0.2, 0.25) is 6.29 Å². The Morgan fingerprint density at radius 2 is 2.06 bits per heavy atom. The first-order valence-electron chi connectivity index (χ1n) is 10.5. The average Bonchev–Trinajstić information content (AvgIpc) is 3.31. The molecule has 1 fully saturated rings. The molecule has 0 saturated carbocycles. The van der Waals surface area contributed by atoms with Crippen molar-refractivity contribution in [2.24, 2.45) is 0 Å². The van der Waals surface area contributed by atoms with E-state index < -0.39 is 31.5 Å². The van der Waals surface area contributed by atoms with Crippen molar-refractivity contribution in [1.82, 2.24) is 20.5 Å². The van der Waals surface area contributed by atoms with Gasteiger partial charge in [0, 0.05) is 16.6 Å². The zero-order chi connectivity index (χ0) is 24.8. The number of pyridine rings is 1. The number of benzene rings is 1. The molecule has 0 atom stereocenters. The number of fused-ring (bicyclic) bond motifs is 1. The van der Waals surface area contributed by atoms with Gasteiger partial charge in [0.25, 0.3) is 11.8 Å². The minimum atomic E-state index is -3.32. The normalized spacial score (nSPS) is 18.4. The SMILES string of the molecule is C=CCC(F)(F)OCCOc1nnc([C@H]2OC[C@H](NC(=O)c3cnc4cc(Cl)ccc4c3)CO2)o1. The number of amides is 1. The molecule has 1 aliphatic rings. The van der Waals surface area contributed by atoms with Crippen LogP contribution in [-0.4, -0.2) is 59.7 Å². The number of carbonyl (C=O) groups is 1. The lowest BCUT2D eigenvalue weighted by Crippen LogP contribution is -2.45. The van der Waals surface area contributed by atoms with Gasteiger partial charge in [0.15, 0.2) is 0 Å². The highest BCUT2D eigenvalue weighted by atomic mass is 35.5. The van der Waals surface area contributed by atoms with Crippen LogP contribution in [0.15, 0.2) is 47.5 Å². The van der Waals surface area contributed by atoms with Crippen LogP contribution in [-0.2, 0) is 14.2 Å². The number of rotatable bonds is 10. The van der Waals surface area contributed by atoms with Gasteiger partial charge in [-0.25, -0.2) is 0 Å². The van der Waals surface area contributed by atoms with Gasteiger partial charge in [-0.2, -0.15) is 8.78 Å². The van der Waals surface area contributed by atoms with Crippen LogP contribution in [0.4, 0.5) is 8.78 Å². The van der Waals surface area contributed by atoms with Crippen LogP contribution in [0.25, 0.3) is 10.9 Å². The first-order chi connectivity index (χ1) is 16.8. The van der Waals surface area contributed by atoms with Crippen LogP contribution in [0.5, 0.6) is 6.08 Å². The molecule has 0 bridgehead atoms. The first kappa shape index (κ1) is 24.9. The van der Waals surface area contributed by atoms with Gasteiger partial charge in [-0.15, -0.1) is 11.7 Å². The molecule has 2 aromatic heterocycles. The fourth-order valence-electron chi connectivity index (χ4n) is 3.14. The second-order valence-electron chi connectivity index (χ2n) is 7.46. The summed E-state index contributed by atoms with van der Waals surface area (Å²) in [6, 6.07) is 6.51. The Kier molecular flexibility index (Phi) is 7.86. The molecule has 35 heavy (non-hydrogen) atoms. The molecule has 1 aliphatic heterocycles. The summed E-state index contributed by atoms with van der Waals surface area (Å²) in [6.45, 7) is 2.86. The largest absolute Gasteiger partial charge is 0.447 e. The van der Waals surface area contributed by atoms with E-state index in [0.29, 0.717) is 16.1 Å². The Balaban J connectivity index is 1.22. The first-order valence-corrected chi connectivity index (χ1v) is 10.9. The smallest absolute Gasteiger partial charge is 0.414 e. The molecule has 0 unspecified atom stereocenters. The fourth-order valence-corrected chi connectivity index (χ4v) is 3.30. The molecule has 0 spiro atoms. The van der Waals surface area contributed by atoms with Crippen molar-refractivity contribution < 1.29 is 36.9 Å². The second-order valence-corrected chi connectivity index (χ2v) is 7.90. The molecule has 1 saturated heterocycles. The Hall–Kier alpha value is -3.19. The lowest BCUT2D eigenvalue weighted by molar-refractivity contribution is -0.238. The van der Waals surface area contributed by atoms with Crippen molar-refractivity contribution in [3.8, 4) is 6.08 Å². The van der Waals surface area contributed by atoms with E-state index in [0.717, 1.165) is 11.5 Å². The maximum Gasteiger partial charge on any atom is 0.414 e. The van der Waals surface area contributed by atoms with Gasteiger partial charge >= 0.3 is 12.2 Å². The Labute approximate surface area is 203 Å². The number of nitrogens with zero attached hydrogens (tertiary/aromatic N) is 3. The fraction of sp³-hybridized carbons (Fsp3) is 0.364. The molecule has 1 aromatic carbocycles. The Bertz CT molecular complexity index is 1190. The number of hydrogen-bond acceptors (Lipinski definition) is 9. The molecule has 0 radical (unpaired) electrons. The molecular weight excluding hydrogens is 490 g/mol. The number of hydrogen-bond donors (Lipinski definition) is 1. The molecule has 13 heteroatoms. The number of ether oxygens (including phenoxy) is 4. The van der Waals surface area contributed by atoms with Crippen LogP contribution in [0.1, 0.15) is 29.0 Å². The van der Waals surface area contributed by atoms with Crippen molar-refractivity contribution in [2.75, 3.05) is 26.4 Å². The van der Waals surface area contributed by atoms with Crippen molar-refractivity contribution in [3.63, 3.8) is 0 Å². The van der Waals surface area contributed by atoms with E-state index in [4.69, 9.17) is 30.2 Å². The van der Waals surface area contributed by atoms with Crippen molar-refractivity contribution in [2.45, 2.75) is 24.9 Å². The minimum Gasteiger partial charge on any atom is -0.447 e. The molecule has 1 N–H and O–H groups in total. The lowest BCUT2D eigenvalue weighted by Gasteiger charge is -2.27. The number of alkyl halides is 2. The molecule has 3 heterocycles. The van der Waals surface area contributed by atoms with E-state index in [-0.39, 0.29) is 37.7 Å². The predicted octanol–water partition coefficient (Wildman–Crippen LogP) is 3.68. The Morgan fingerprint density at radius 3 is 2.83 bits per heavy atom. The maximum atomic E-state index is 13.2. The topological polar surface area (TPSA) is 118 Å². The summed E-state index contributed by atoms with van der Waals surface area (Å²) < 4.78 is 52.3. The van der Waals surface area contributed by atoms with Gasteiger partial charge in [-0.3, -0.25) is 9.78 Å². The standard InChI is InChI=1S/C22H21ClF2N4O6/c1-2-5-22(24,25)34-7-6-31-21-29-28-19(35-21)20-32-11-16(12-33-20)27-18(30)14-8-13-3-4-15(23)9-17(13)26-10-14/h2-4,8-10,16,20H,1,5-7,11-12H2,(H,27,30)/t16-,20-. The average molecular weight is 511 g/mol. The zero-order valence-corrected chi connectivity index (χ0v) is 19.0. The predicted molar refractivity (Wildman–Crippen MR) is 118 cm³/mol. The quantitative estimate of drug-likeness (QED) is 0.322. The van der Waals surface area contributed by atoms with Gasteiger partial charge in [0.05, 0.1) is 43.4 Å².